The van der Waals surface area contributed by atoms with Gasteiger partial charge in [0.25, 0.3) is 0 Å². The third kappa shape index (κ3) is 17.1. The number of rotatable bonds is 23. The van der Waals surface area contributed by atoms with Crippen LogP contribution in [0.4, 0.5) is 4.79 Å². The molecule has 0 bridgehead atoms. The van der Waals surface area contributed by atoms with Crippen molar-refractivity contribution in [2.24, 2.45) is 0 Å². The van der Waals surface area contributed by atoms with E-state index in [0.717, 1.165) is 19.3 Å². The molecule has 0 saturated heterocycles. The summed E-state index contributed by atoms with van der Waals surface area (Å²) in [6, 6.07) is 0. The minimum absolute atomic E-state index is 0.0162. The number of aliphatic hydroxyl groups is 1. The minimum atomic E-state index is -4.14. The first-order valence-corrected chi connectivity index (χ1v) is 14.4. The van der Waals surface area contributed by atoms with E-state index in [2.05, 4.69) is 6.92 Å². The highest BCUT2D eigenvalue weighted by Gasteiger charge is 2.38. The highest BCUT2D eigenvalue weighted by molar-refractivity contribution is 7.71. The Bertz CT molecular complexity index is 485. The van der Waals surface area contributed by atoms with Gasteiger partial charge in [0.2, 0.25) is 0 Å². The molecule has 3 unspecified atom stereocenters. The molecule has 0 aromatic rings. The average molecular weight is 481 g/mol. The molecule has 0 radical (unpaired) electrons. The van der Waals surface area contributed by atoms with Gasteiger partial charge in [-0.05, 0) is 26.7 Å². The molecule has 0 aromatic heterocycles. The highest BCUT2D eigenvalue weighted by atomic mass is 31.2. The van der Waals surface area contributed by atoms with E-state index in [4.69, 9.17) is 18.8 Å². The van der Waals surface area contributed by atoms with Crippen LogP contribution in [0.2, 0.25) is 0 Å². The first-order valence-electron chi connectivity index (χ1n) is 12.8. The van der Waals surface area contributed by atoms with Gasteiger partial charge in [-0.2, -0.15) is 4.89 Å². The molecule has 0 spiro atoms. The van der Waals surface area contributed by atoms with Gasteiger partial charge in [-0.15, -0.1) is 0 Å². The van der Waals surface area contributed by atoms with E-state index in [-0.39, 0.29) is 19.3 Å². The van der Waals surface area contributed by atoms with Crippen molar-refractivity contribution in [1.29, 1.82) is 0 Å². The molecular weight excluding hydrogens is 431 g/mol. The molecule has 0 aliphatic rings. The molecule has 0 aromatic carbocycles. The summed E-state index contributed by atoms with van der Waals surface area (Å²) in [4.78, 5) is 22.1. The lowest BCUT2D eigenvalue weighted by molar-refractivity contribution is -0.269. The summed E-state index contributed by atoms with van der Waals surface area (Å²) in [5, 5.41) is 9.29. The highest BCUT2D eigenvalue weighted by Crippen LogP contribution is 2.50. The van der Waals surface area contributed by atoms with Crippen LogP contribution in [0.3, 0.4) is 0 Å². The Hall–Kier alpha value is -0.460. The van der Waals surface area contributed by atoms with E-state index in [0.29, 0.717) is 6.42 Å². The predicted octanol–water partition coefficient (Wildman–Crippen LogP) is 7.94. The molecule has 192 valence electrons. The maximum Gasteiger partial charge on any atom is 0.452 e. The van der Waals surface area contributed by atoms with Gasteiger partial charge < -0.3 is 9.63 Å². The van der Waals surface area contributed by atoms with E-state index in [9.17, 15) is 14.5 Å². The fourth-order valence-corrected chi connectivity index (χ4v) is 4.56. The normalized spacial score (nSPS) is 15.3. The van der Waals surface area contributed by atoms with Gasteiger partial charge in [-0.25, -0.2) is 9.36 Å². The summed E-state index contributed by atoms with van der Waals surface area (Å²) < 4.78 is 22.4. The topological polar surface area (TPSA) is 91.3 Å². The maximum absolute atomic E-state index is 12.5. The van der Waals surface area contributed by atoms with Gasteiger partial charge in [0.05, 0.1) is 19.3 Å². The summed E-state index contributed by atoms with van der Waals surface area (Å²) in [6.07, 6.45) is 17.1. The Kier molecular flexibility index (Phi) is 20.8. The summed E-state index contributed by atoms with van der Waals surface area (Å²) in [6.45, 7) is 6.99. The molecule has 0 aliphatic carbocycles. The fourth-order valence-electron chi connectivity index (χ4n) is 3.38. The van der Waals surface area contributed by atoms with Crippen molar-refractivity contribution in [3.8, 4) is 0 Å². The van der Waals surface area contributed by atoms with Gasteiger partial charge in [0.1, 0.15) is 6.10 Å². The molecule has 0 aliphatic heterocycles. The number of hydrogen-bond donors (Lipinski definition) is 1. The van der Waals surface area contributed by atoms with E-state index >= 15 is 0 Å². The van der Waals surface area contributed by atoms with Gasteiger partial charge >= 0.3 is 13.3 Å². The predicted molar refractivity (Wildman–Crippen MR) is 129 cm³/mol. The molecule has 3 atom stereocenters. The Morgan fingerprint density at radius 1 is 0.812 bits per heavy atom. The van der Waals surface area contributed by atoms with Crippen molar-refractivity contribution < 1.29 is 33.3 Å². The first-order chi connectivity index (χ1) is 15.4. The van der Waals surface area contributed by atoms with E-state index in [1.165, 1.54) is 77.6 Å². The molecule has 0 heterocycles. The largest absolute Gasteiger partial charge is 0.452 e. The molecule has 0 fully saturated rings. The number of unbranched alkanes of at least 4 members (excludes halogenated alkanes) is 12. The first kappa shape index (κ1) is 31.5. The molecule has 8 heteroatoms. The molecule has 0 amide bonds. The van der Waals surface area contributed by atoms with Crippen LogP contribution in [0.1, 0.15) is 124 Å². The Morgan fingerprint density at radius 2 is 1.31 bits per heavy atom. The van der Waals surface area contributed by atoms with Crippen LogP contribution >= 0.6 is 7.60 Å². The van der Waals surface area contributed by atoms with E-state index in [1.807, 2.05) is 6.92 Å². The van der Waals surface area contributed by atoms with Crippen molar-refractivity contribution in [3.63, 3.8) is 0 Å². The molecule has 32 heavy (non-hydrogen) atoms. The number of aliphatic hydroxyl groups excluding tert-OH is 1. The second kappa shape index (κ2) is 21.1. The van der Waals surface area contributed by atoms with Crippen LogP contribution in [-0.2, 0) is 23.4 Å². The quantitative estimate of drug-likeness (QED) is 0.0686. The average Bonchev–Trinajstić information content (AvgIpc) is 2.77. The fraction of sp³-hybridized carbons (Fsp3) is 0.958. The van der Waals surface area contributed by atoms with Crippen molar-refractivity contribution in [1.82, 2.24) is 0 Å². The zero-order chi connectivity index (χ0) is 24.1. The zero-order valence-corrected chi connectivity index (χ0v) is 21.9. The second-order valence-corrected chi connectivity index (χ2v) is 10.4. The summed E-state index contributed by atoms with van der Waals surface area (Å²) in [5.41, 5.74) is -1.18. The SMILES string of the molecule is CCCCCCCCCCCCCCCC(CC)OOC(=O)P(=O)(OCC)OCC(C)O. The number of carbonyl (C=O) groups is 1. The zero-order valence-electron chi connectivity index (χ0n) is 21.0. The van der Waals surface area contributed by atoms with E-state index in [1.54, 1.807) is 6.92 Å². The van der Waals surface area contributed by atoms with Crippen LogP contribution in [-0.4, -0.2) is 36.2 Å². The maximum atomic E-state index is 12.5. The molecule has 1 N–H and O–H groups in total. The van der Waals surface area contributed by atoms with Crippen LogP contribution in [0.15, 0.2) is 0 Å². The van der Waals surface area contributed by atoms with Crippen molar-refractivity contribution in [2.75, 3.05) is 13.2 Å². The van der Waals surface area contributed by atoms with Gasteiger partial charge in [-0.3, -0.25) is 9.41 Å². The van der Waals surface area contributed by atoms with Crippen molar-refractivity contribution >= 4 is 13.3 Å². The second-order valence-electron chi connectivity index (χ2n) is 8.57. The lowest BCUT2D eigenvalue weighted by atomic mass is 10.0. The minimum Gasteiger partial charge on any atom is -0.391 e. The van der Waals surface area contributed by atoms with E-state index < -0.39 is 19.4 Å². The van der Waals surface area contributed by atoms with Crippen LogP contribution in [0.25, 0.3) is 0 Å². The summed E-state index contributed by atoms with van der Waals surface area (Å²) in [7, 11) is -4.14. The summed E-state index contributed by atoms with van der Waals surface area (Å²) >= 11 is 0. The lowest BCUT2D eigenvalue weighted by Gasteiger charge is -2.18. The van der Waals surface area contributed by atoms with Gasteiger partial charge in [-0.1, -0.05) is 97.3 Å². The van der Waals surface area contributed by atoms with Gasteiger partial charge in [0, 0.05) is 0 Å². The molecular formula is C24H49O7P. The monoisotopic (exact) mass is 480 g/mol. The Labute approximate surface area is 196 Å². The van der Waals surface area contributed by atoms with Crippen molar-refractivity contribution in [2.45, 2.75) is 136 Å². The lowest BCUT2D eigenvalue weighted by Crippen LogP contribution is -2.18. The van der Waals surface area contributed by atoms with Crippen LogP contribution in [0, 0.1) is 0 Å². The number of carbonyl (C=O) groups excluding carboxylic acids is 1. The molecule has 0 saturated carbocycles. The molecule has 7 nitrogen and oxygen atoms in total. The van der Waals surface area contributed by atoms with Gasteiger partial charge in [0.15, 0.2) is 0 Å². The Morgan fingerprint density at radius 3 is 1.75 bits per heavy atom. The van der Waals surface area contributed by atoms with Crippen molar-refractivity contribution in [3.05, 3.63) is 0 Å². The summed E-state index contributed by atoms with van der Waals surface area (Å²) in [5.74, 6) is 0. The number of hydrogen-bond acceptors (Lipinski definition) is 7. The molecule has 0 rings (SSSR count). The third-order valence-electron chi connectivity index (χ3n) is 5.35. The van der Waals surface area contributed by atoms with Crippen LogP contribution in [0.5, 0.6) is 0 Å². The van der Waals surface area contributed by atoms with Crippen LogP contribution < -0.4 is 0 Å². The third-order valence-corrected chi connectivity index (χ3v) is 6.96. The standard InChI is InChI=1S/C24H49O7P/c1-5-8-9-10-11-12-13-14-15-16-17-18-19-20-23(6-2)30-31-24(26)32(27,28-7-3)29-21-22(4)25/h22-23,25H,5-21H2,1-4H3. The smallest absolute Gasteiger partial charge is 0.391 e. The Balaban J connectivity index is 3.88.